The highest BCUT2D eigenvalue weighted by Gasteiger charge is 2.30. The van der Waals surface area contributed by atoms with Crippen LogP contribution in [0.15, 0.2) is 67.4 Å². The van der Waals surface area contributed by atoms with E-state index in [9.17, 15) is 8.78 Å². The first-order chi connectivity index (χ1) is 18.6. The van der Waals surface area contributed by atoms with E-state index < -0.39 is 11.6 Å². The van der Waals surface area contributed by atoms with Crippen molar-refractivity contribution in [3.63, 3.8) is 0 Å². The minimum atomic E-state index is -0.449. The van der Waals surface area contributed by atoms with Crippen molar-refractivity contribution < 1.29 is 18.3 Å². The van der Waals surface area contributed by atoms with Gasteiger partial charge in [-0.05, 0) is 43.2 Å². The summed E-state index contributed by atoms with van der Waals surface area (Å²) >= 11 is 0. The van der Waals surface area contributed by atoms with E-state index in [1.54, 1.807) is 27.8 Å². The molecule has 0 amide bonds. The largest absolute Gasteiger partial charge is 0.469 e. The van der Waals surface area contributed by atoms with E-state index in [4.69, 9.17) is 14.5 Å². The molecule has 192 valence electrons. The fraction of sp³-hybridized carbons (Fsp3) is 0.259. The molecule has 9 nitrogen and oxygen atoms in total. The average Bonchev–Trinajstić information content (AvgIpc) is 3.67. The molecule has 0 saturated carbocycles. The van der Waals surface area contributed by atoms with Crippen molar-refractivity contribution in [3.8, 4) is 22.7 Å². The van der Waals surface area contributed by atoms with Gasteiger partial charge in [0.1, 0.15) is 29.2 Å². The van der Waals surface area contributed by atoms with E-state index in [1.807, 2.05) is 35.5 Å². The monoisotopic (exact) mass is 515 g/mol. The lowest BCUT2D eigenvalue weighted by Gasteiger charge is -2.26. The summed E-state index contributed by atoms with van der Waals surface area (Å²) in [7, 11) is 0. The minimum absolute atomic E-state index is 0.0628. The summed E-state index contributed by atoms with van der Waals surface area (Å²) in [6.07, 6.45) is 10.6. The van der Waals surface area contributed by atoms with Crippen molar-refractivity contribution in [2.24, 2.45) is 0 Å². The Morgan fingerprint density at radius 1 is 0.974 bits per heavy atom. The smallest absolute Gasteiger partial charge is 0.213 e. The number of nitrogens with zero attached hydrogens (tertiary/aromatic N) is 7. The van der Waals surface area contributed by atoms with Crippen molar-refractivity contribution in [1.29, 1.82) is 0 Å². The molecule has 0 bridgehead atoms. The van der Waals surface area contributed by atoms with Gasteiger partial charge in [-0.15, -0.1) is 0 Å². The molecule has 38 heavy (non-hydrogen) atoms. The van der Waals surface area contributed by atoms with E-state index in [0.29, 0.717) is 54.8 Å². The average molecular weight is 516 g/mol. The number of rotatable bonds is 6. The summed E-state index contributed by atoms with van der Waals surface area (Å²) in [5.74, 6) is 0.376. The second-order valence-electron chi connectivity index (χ2n) is 9.44. The van der Waals surface area contributed by atoms with Crippen molar-refractivity contribution in [2.75, 3.05) is 24.7 Å². The summed E-state index contributed by atoms with van der Waals surface area (Å²) in [5, 5.41) is 8.96. The van der Waals surface area contributed by atoms with Gasteiger partial charge < -0.3 is 14.4 Å². The van der Waals surface area contributed by atoms with Gasteiger partial charge in [0.15, 0.2) is 5.65 Å². The Bertz CT molecular complexity index is 1610. The van der Waals surface area contributed by atoms with Crippen LogP contribution in [0.4, 0.5) is 14.6 Å². The number of hydrogen-bond donors (Lipinski definition) is 0. The van der Waals surface area contributed by atoms with Crippen molar-refractivity contribution in [1.82, 2.24) is 29.4 Å². The summed E-state index contributed by atoms with van der Waals surface area (Å²) < 4.78 is 42.8. The standard InChI is InChI=1S/C27H23F2N7O2/c28-19-4-5-22(29)21(10-19)23-2-1-8-34(23)25-7-9-35-27(33-25)24(13-32-35)36-14-18(12-31-36)17-3-6-26(30-11-17)38-20-15-37-16-20/h3-7,9-14,20,23H,1-2,8,15-16H2/t23-/m1/s1. The Morgan fingerprint density at radius 3 is 2.71 bits per heavy atom. The summed E-state index contributed by atoms with van der Waals surface area (Å²) in [6, 6.07) is 8.93. The Morgan fingerprint density at radius 2 is 1.89 bits per heavy atom. The van der Waals surface area contributed by atoms with Gasteiger partial charge in [0.25, 0.3) is 0 Å². The molecule has 2 saturated heterocycles. The molecule has 0 N–H and O–H groups in total. The van der Waals surface area contributed by atoms with E-state index >= 15 is 0 Å². The number of pyridine rings is 1. The van der Waals surface area contributed by atoms with Gasteiger partial charge in [0.2, 0.25) is 5.88 Å². The number of anilines is 1. The molecule has 0 aliphatic carbocycles. The van der Waals surface area contributed by atoms with Gasteiger partial charge in [0.05, 0.1) is 31.6 Å². The molecular formula is C27H23F2N7O2. The topological polar surface area (TPSA) is 82.6 Å². The highest BCUT2D eigenvalue weighted by atomic mass is 19.1. The molecule has 2 fully saturated rings. The van der Waals surface area contributed by atoms with Gasteiger partial charge in [-0.3, -0.25) is 0 Å². The highest BCUT2D eigenvalue weighted by Crippen LogP contribution is 2.37. The van der Waals surface area contributed by atoms with Crippen LogP contribution in [0.3, 0.4) is 0 Å². The van der Waals surface area contributed by atoms with E-state index in [-0.39, 0.29) is 12.1 Å². The molecule has 11 heteroatoms. The third-order valence-electron chi connectivity index (χ3n) is 6.99. The third-order valence-corrected chi connectivity index (χ3v) is 6.99. The highest BCUT2D eigenvalue weighted by molar-refractivity contribution is 5.65. The molecule has 0 unspecified atom stereocenters. The molecule has 0 spiro atoms. The minimum Gasteiger partial charge on any atom is -0.469 e. The first-order valence-electron chi connectivity index (χ1n) is 12.4. The molecule has 6 heterocycles. The molecule has 5 aromatic rings. The van der Waals surface area contributed by atoms with Gasteiger partial charge in [0, 0.05) is 47.9 Å². The van der Waals surface area contributed by atoms with Gasteiger partial charge >= 0.3 is 0 Å². The lowest BCUT2D eigenvalue weighted by Crippen LogP contribution is -2.38. The Kier molecular flexibility index (Phi) is 5.50. The number of aromatic nitrogens is 6. The van der Waals surface area contributed by atoms with Gasteiger partial charge in [-0.1, -0.05) is 0 Å². The molecule has 4 aromatic heterocycles. The van der Waals surface area contributed by atoms with E-state index in [1.165, 1.54) is 12.1 Å². The van der Waals surface area contributed by atoms with Gasteiger partial charge in [-0.25, -0.2) is 27.9 Å². The third kappa shape index (κ3) is 4.04. The number of fused-ring (bicyclic) bond motifs is 1. The molecule has 2 aliphatic heterocycles. The second-order valence-corrected chi connectivity index (χ2v) is 9.44. The quantitative estimate of drug-likeness (QED) is 0.332. The summed E-state index contributed by atoms with van der Waals surface area (Å²) in [6.45, 7) is 1.87. The van der Waals surface area contributed by atoms with Gasteiger partial charge in [-0.2, -0.15) is 10.2 Å². The molecule has 1 aromatic carbocycles. The molecule has 1 atom stereocenters. The lowest BCUT2D eigenvalue weighted by molar-refractivity contribution is -0.0813. The van der Waals surface area contributed by atoms with E-state index in [0.717, 1.165) is 23.6 Å². The molecule has 0 radical (unpaired) electrons. The number of benzene rings is 1. The van der Waals surface area contributed by atoms with Crippen LogP contribution in [0.5, 0.6) is 5.88 Å². The zero-order valence-electron chi connectivity index (χ0n) is 20.2. The van der Waals surface area contributed by atoms with Crippen LogP contribution in [-0.4, -0.2) is 55.2 Å². The zero-order valence-corrected chi connectivity index (χ0v) is 20.2. The van der Waals surface area contributed by atoms with Crippen LogP contribution in [0.2, 0.25) is 0 Å². The van der Waals surface area contributed by atoms with Crippen molar-refractivity contribution >= 4 is 11.5 Å². The first kappa shape index (κ1) is 22.8. The van der Waals surface area contributed by atoms with Crippen LogP contribution in [0.1, 0.15) is 24.4 Å². The maximum atomic E-state index is 14.6. The zero-order chi connectivity index (χ0) is 25.6. The number of halogens is 2. The normalized spacial score (nSPS) is 17.7. The SMILES string of the molecule is Fc1ccc(F)c([C@H]2CCCN2c2ccn3ncc(-n4cc(-c5ccc(OC6COC6)nc5)cn4)c3n2)c1. The second kappa shape index (κ2) is 9.18. The summed E-state index contributed by atoms with van der Waals surface area (Å²) in [5.41, 5.74) is 3.43. The molecular weight excluding hydrogens is 492 g/mol. The summed E-state index contributed by atoms with van der Waals surface area (Å²) in [4.78, 5) is 11.3. The van der Waals surface area contributed by atoms with Crippen molar-refractivity contribution in [3.05, 3.63) is 84.6 Å². The van der Waals surface area contributed by atoms with Crippen molar-refractivity contribution in [2.45, 2.75) is 25.0 Å². The molecule has 2 aliphatic rings. The van der Waals surface area contributed by atoms with Crippen LogP contribution < -0.4 is 9.64 Å². The predicted octanol–water partition coefficient (Wildman–Crippen LogP) is 4.37. The Labute approximate surface area is 216 Å². The molecule has 7 rings (SSSR count). The Hall–Kier alpha value is -4.38. The number of ether oxygens (including phenoxy) is 2. The van der Waals surface area contributed by atoms with Crippen LogP contribution in [0.25, 0.3) is 22.5 Å². The maximum absolute atomic E-state index is 14.6. The fourth-order valence-electron chi connectivity index (χ4n) is 4.98. The maximum Gasteiger partial charge on any atom is 0.213 e. The van der Waals surface area contributed by atoms with Crippen LogP contribution in [0, 0.1) is 11.6 Å². The van der Waals surface area contributed by atoms with Crippen LogP contribution >= 0.6 is 0 Å². The predicted molar refractivity (Wildman–Crippen MR) is 134 cm³/mol. The van der Waals surface area contributed by atoms with Crippen LogP contribution in [-0.2, 0) is 4.74 Å². The fourth-order valence-corrected chi connectivity index (χ4v) is 4.98. The first-order valence-corrected chi connectivity index (χ1v) is 12.4. The lowest BCUT2D eigenvalue weighted by atomic mass is 10.0. The van der Waals surface area contributed by atoms with E-state index in [2.05, 4.69) is 15.2 Å². The number of hydrogen-bond acceptors (Lipinski definition) is 7. The Balaban J connectivity index is 1.17.